The molecule has 2 heterocycles. The fourth-order valence-electron chi connectivity index (χ4n) is 2.13. The van der Waals surface area contributed by atoms with Gasteiger partial charge in [-0.15, -0.1) is 11.3 Å². The van der Waals surface area contributed by atoms with Crippen LogP contribution in [0.15, 0.2) is 54.3 Å². The molecule has 22 heavy (non-hydrogen) atoms. The SMILES string of the molecule is O=C(CCc1ccccc1)c1csc(Cc2ccncn2)n1. The van der Waals surface area contributed by atoms with Gasteiger partial charge in [-0.3, -0.25) is 4.79 Å². The van der Waals surface area contributed by atoms with Gasteiger partial charge in [0.05, 0.1) is 10.7 Å². The molecule has 0 saturated heterocycles. The van der Waals surface area contributed by atoms with E-state index in [0.29, 0.717) is 18.5 Å². The molecule has 0 bridgehead atoms. The Morgan fingerprint density at radius 2 is 2.00 bits per heavy atom. The first-order chi connectivity index (χ1) is 10.8. The van der Waals surface area contributed by atoms with E-state index in [4.69, 9.17) is 0 Å². The minimum absolute atomic E-state index is 0.0917. The van der Waals surface area contributed by atoms with Crippen molar-refractivity contribution in [2.75, 3.05) is 0 Å². The molecule has 2 aromatic heterocycles. The Kier molecular flexibility index (Phi) is 4.65. The van der Waals surface area contributed by atoms with Crippen LogP contribution in [-0.2, 0) is 12.8 Å². The number of carbonyl (C=O) groups is 1. The molecule has 0 fully saturated rings. The molecule has 0 aliphatic heterocycles. The monoisotopic (exact) mass is 309 g/mol. The van der Waals surface area contributed by atoms with E-state index >= 15 is 0 Å². The molecule has 0 unspecified atom stereocenters. The van der Waals surface area contributed by atoms with Gasteiger partial charge in [-0.25, -0.2) is 15.0 Å². The van der Waals surface area contributed by atoms with Gasteiger partial charge < -0.3 is 0 Å². The van der Waals surface area contributed by atoms with Crippen LogP contribution in [0.4, 0.5) is 0 Å². The average Bonchev–Trinajstić information content (AvgIpc) is 3.03. The molecule has 0 N–H and O–H groups in total. The Hall–Kier alpha value is -2.40. The quantitative estimate of drug-likeness (QED) is 0.655. The minimum atomic E-state index is 0.0917. The van der Waals surface area contributed by atoms with Crippen LogP contribution in [0.25, 0.3) is 0 Å². The van der Waals surface area contributed by atoms with Crippen molar-refractivity contribution in [3.8, 4) is 0 Å². The van der Waals surface area contributed by atoms with E-state index in [0.717, 1.165) is 17.1 Å². The highest BCUT2D eigenvalue weighted by molar-refractivity contribution is 7.09. The third-order valence-corrected chi connectivity index (χ3v) is 4.15. The van der Waals surface area contributed by atoms with Crippen LogP contribution >= 0.6 is 11.3 Å². The van der Waals surface area contributed by atoms with Crippen molar-refractivity contribution in [1.29, 1.82) is 0 Å². The molecule has 4 nitrogen and oxygen atoms in total. The normalized spacial score (nSPS) is 10.5. The standard InChI is InChI=1S/C17H15N3OS/c21-16(7-6-13-4-2-1-3-5-13)15-11-22-17(20-15)10-14-8-9-18-12-19-14/h1-5,8-9,11-12H,6-7,10H2. The number of nitrogens with zero attached hydrogens (tertiary/aromatic N) is 3. The summed E-state index contributed by atoms with van der Waals surface area (Å²) in [5.74, 6) is 0.0917. The summed E-state index contributed by atoms with van der Waals surface area (Å²) in [6.45, 7) is 0. The Morgan fingerprint density at radius 1 is 1.14 bits per heavy atom. The molecule has 110 valence electrons. The smallest absolute Gasteiger partial charge is 0.182 e. The lowest BCUT2D eigenvalue weighted by Crippen LogP contribution is -2.02. The van der Waals surface area contributed by atoms with Gasteiger partial charge >= 0.3 is 0 Å². The van der Waals surface area contributed by atoms with E-state index in [2.05, 4.69) is 15.0 Å². The maximum atomic E-state index is 12.2. The average molecular weight is 309 g/mol. The third kappa shape index (κ3) is 3.83. The molecule has 0 amide bonds. The molecule has 0 saturated carbocycles. The molecule has 0 spiro atoms. The van der Waals surface area contributed by atoms with E-state index < -0.39 is 0 Å². The lowest BCUT2D eigenvalue weighted by molar-refractivity contribution is 0.0978. The molecule has 0 aliphatic rings. The zero-order chi connectivity index (χ0) is 15.2. The molecule has 0 aliphatic carbocycles. The van der Waals surface area contributed by atoms with Crippen molar-refractivity contribution in [3.05, 3.63) is 76.3 Å². The van der Waals surface area contributed by atoms with Gasteiger partial charge in [-0.1, -0.05) is 30.3 Å². The Balaban J connectivity index is 1.60. The predicted molar refractivity (Wildman–Crippen MR) is 86.0 cm³/mol. The lowest BCUT2D eigenvalue weighted by atomic mass is 10.1. The second-order valence-corrected chi connectivity index (χ2v) is 5.86. The van der Waals surface area contributed by atoms with E-state index in [9.17, 15) is 4.79 Å². The zero-order valence-electron chi connectivity index (χ0n) is 12.0. The first kappa shape index (κ1) is 14.5. The van der Waals surface area contributed by atoms with Crippen LogP contribution < -0.4 is 0 Å². The molecule has 0 radical (unpaired) electrons. The van der Waals surface area contributed by atoms with E-state index in [1.807, 2.05) is 41.8 Å². The zero-order valence-corrected chi connectivity index (χ0v) is 12.8. The number of carbonyl (C=O) groups excluding carboxylic acids is 1. The molecule has 3 rings (SSSR count). The number of aryl methyl sites for hydroxylation is 1. The molecule has 3 aromatic rings. The van der Waals surface area contributed by atoms with Crippen molar-refractivity contribution in [2.24, 2.45) is 0 Å². The van der Waals surface area contributed by atoms with Gasteiger partial charge in [0, 0.05) is 24.4 Å². The van der Waals surface area contributed by atoms with E-state index in [-0.39, 0.29) is 5.78 Å². The van der Waals surface area contributed by atoms with Crippen molar-refractivity contribution in [1.82, 2.24) is 15.0 Å². The topological polar surface area (TPSA) is 55.7 Å². The van der Waals surface area contributed by atoms with Gasteiger partial charge in [0.1, 0.15) is 12.0 Å². The fourth-order valence-corrected chi connectivity index (χ4v) is 2.94. The van der Waals surface area contributed by atoms with Gasteiger partial charge in [0.25, 0.3) is 0 Å². The number of aromatic nitrogens is 3. The minimum Gasteiger partial charge on any atom is -0.292 e. The second kappa shape index (κ2) is 7.04. The number of hydrogen-bond acceptors (Lipinski definition) is 5. The molecule has 0 atom stereocenters. The maximum absolute atomic E-state index is 12.2. The second-order valence-electron chi connectivity index (χ2n) is 4.91. The summed E-state index contributed by atoms with van der Waals surface area (Å²) in [7, 11) is 0. The van der Waals surface area contributed by atoms with Crippen molar-refractivity contribution in [3.63, 3.8) is 0 Å². The highest BCUT2D eigenvalue weighted by Crippen LogP contribution is 2.15. The van der Waals surface area contributed by atoms with Gasteiger partial charge in [-0.05, 0) is 18.1 Å². The predicted octanol–water partition coefficient (Wildman–Crippen LogP) is 3.34. The largest absolute Gasteiger partial charge is 0.292 e. The summed E-state index contributed by atoms with van der Waals surface area (Å²) in [5, 5.41) is 2.74. The first-order valence-electron chi connectivity index (χ1n) is 7.07. The Labute approximate surface area is 132 Å². The summed E-state index contributed by atoms with van der Waals surface area (Å²) in [6, 6.07) is 11.9. The lowest BCUT2D eigenvalue weighted by Gasteiger charge is -1.99. The van der Waals surface area contributed by atoms with Crippen LogP contribution in [0.2, 0.25) is 0 Å². The van der Waals surface area contributed by atoms with Gasteiger partial charge in [-0.2, -0.15) is 0 Å². The highest BCUT2D eigenvalue weighted by Gasteiger charge is 2.11. The van der Waals surface area contributed by atoms with Crippen molar-refractivity contribution in [2.45, 2.75) is 19.3 Å². The van der Waals surface area contributed by atoms with Crippen molar-refractivity contribution >= 4 is 17.1 Å². The first-order valence-corrected chi connectivity index (χ1v) is 7.95. The van der Waals surface area contributed by atoms with Crippen LogP contribution in [0.5, 0.6) is 0 Å². The van der Waals surface area contributed by atoms with Crippen LogP contribution in [0.3, 0.4) is 0 Å². The number of Topliss-reactive ketones (excluding diaryl/α,β-unsaturated/α-hetero) is 1. The maximum Gasteiger partial charge on any atom is 0.182 e. The number of hydrogen-bond donors (Lipinski definition) is 0. The highest BCUT2D eigenvalue weighted by atomic mass is 32.1. The summed E-state index contributed by atoms with van der Waals surface area (Å²) in [4.78, 5) is 24.7. The van der Waals surface area contributed by atoms with E-state index in [1.165, 1.54) is 23.2 Å². The summed E-state index contributed by atoms with van der Waals surface area (Å²) in [6.07, 6.45) is 5.11. The number of benzene rings is 1. The summed E-state index contributed by atoms with van der Waals surface area (Å²) < 4.78 is 0. The molecule has 5 heteroatoms. The fraction of sp³-hybridized carbons (Fsp3) is 0.176. The van der Waals surface area contributed by atoms with Crippen molar-refractivity contribution < 1.29 is 4.79 Å². The van der Waals surface area contributed by atoms with Gasteiger partial charge in [0.15, 0.2) is 5.78 Å². The number of ketones is 1. The Bertz CT molecular complexity index is 741. The van der Waals surface area contributed by atoms with Crippen LogP contribution in [0, 0.1) is 0 Å². The van der Waals surface area contributed by atoms with E-state index in [1.54, 1.807) is 6.20 Å². The summed E-state index contributed by atoms with van der Waals surface area (Å²) in [5.41, 5.74) is 2.64. The molecular weight excluding hydrogens is 294 g/mol. The number of rotatable bonds is 6. The van der Waals surface area contributed by atoms with Gasteiger partial charge in [0.2, 0.25) is 0 Å². The third-order valence-electron chi connectivity index (χ3n) is 3.30. The van der Waals surface area contributed by atoms with Crippen LogP contribution in [0.1, 0.15) is 33.2 Å². The molecule has 1 aromatic carbocycles. The molecular formula is C17H15N3OS. The Morgan fingerprint density at radius 3 is 2.77 bits per heavy atom. The summed E-state index contributed by atoms with van der Waals surface area (Å²) >= 11 is 1.50. The van der Waals surface area contributed by atoms with Crippen LogP contribution in [-0.4, -0.2) is 20.7 Å². The number of thiazole rings is 1.